The minimum absolute atomic E-state index is 0.0698. The maximum absolute atomic E-state index is 12.3. The van der Waals surface area contributed by atoms with E-state index in [4.69, 9.17) is 10.5 Å². The molecule has 1 aromatic carbocycles. The Morgan fingerprint density at radius 1 is 1.43 bits per heavy atom. The Morgan fingerprint density at radius 2 is 2.14 bits per heavy atom. The summed E-state index contributed by atoms with van der Waals surface area (Å²) in [5.74, 6) is 0.834. The zero-order valence-electron chi connectivity index (χ0n) is 13.3. The van der Waals surface area contributed by atoms with Gasteiger partial charge in [-0.2, -0.15) is 0 Å². The van der Waals surface area contributed by atoms with E-state index in [0.29, 0.717) is 11.4 Å². The molecule has 1 aliphatic rings. The Labute approximate surface area is 126 Å². The van der Waals surface area contributed by atoms with Gasteiger partial charge < -0.3 is 20.3 Å². The number of anilines is 2. The van der Waals surface area contributed by atoms with Gasteiger partial charge in [0.1, 0.15) is 11.8 Å². The van der Waals surface area contributed by atoms with E-state index in [1.54, 1.807) is 19.0 Å². The lowest BCUT2D eigenvalue weighted by Crippen LogP contribution is -2.42. The number of nitrogens with zero attached hydrogens (tertiary/aromatic N) is 2. The van der Waals surface area contributed by atoms with Crippen molar-refractivity contribution >= 4 is 17.3 Å². The lowest BCUT2D eigenvalue weighted by Gasteiger charge is -2.28. The molecule has 0 aliphatic carbocycles. The first kappa shape index (κ1) is 15.5. The summed E-state index contributed by atoms with van der Waals surface area (Å²) in [4.78, 5) is 16.1. The maximum atomic E-state index is 12.3. The number of nitrogens with two attached hydrogens (primary N) is 1. The number of rotatable bonds is 4. The van der Waals surface area contributed by atoms with Gasteiger partial charge in [-0.25, -0.2) is 0 Å². The topological polar surface area (TPSA) is 58.8 Å². The average molecular weight is 291 g/mol. The van der Waals surface area contributed by atoms with Gasteiger partial charge in [0.2, 0.25) is 5.91 Å². The molecule has 1 saturated heterocycles. The summed E-state index contributed by atoms with van der Waals surface area (Å²) in [7, 11) is 3.60. The number of hydrogen-bond acceptors (Lipinski definition) is 4. The summed E-state index contributed by atoms with van der Waals surface area (Å²) >= 11 is 0. The molecule has 116 valence electrons. The number of carbonyl (C=O) groups excluding carboxylic acids is 1. The normalized spacial score (nSPS) is 18.1. The standard InChI is InChI=1S/C16H25N3O2/c1-11(2)21-15-10-12(7-8-13(15)17)19-9-5-6-14(19)16(20)18(3)4/h7-8,10-11,14H,5-6,9,17H2,1-4H3. The van der Waals surface area contributed by atoms with Crippen LogP contribution in [0, 0.1) is 0 Å². The molecular formula is C16H25N3O2. The van der Waals surface area contributed by atoms with Crippen LogP contribution in [0.5, 0.6) is 5.75 Å². The summed E-state index contributed by atoms with van der Waals surface area (Å²) in [5.41, 5.74) is 7.59. The van der Waals surface area contributed by atoms with Gasteiger partial charge in [-0.15, -0.1) is 0 Å². The predicted molar refractivity (Wildman–Crippen MR) is 85.7 cm³/mol. The van der Waals surface area contributed by atoms with Gasteiger partial charge in [0.05, 0.1) is 11.8 Å². The van der Waals surface area contributed by atoms with Gasteiger partial charge in [-0.05, 0) is 38.8 Å². The third kappa shape index (κ3) is 3.40. The van der Waals surface area contributed by atoms with Crippen molar-refractivity contribution < 1.29 is 9.53 Å². The molecule has 0 bridgehead atoms. The third-order valence-electron chi connectivity index (χ3n) is 3.67. The zero-order chi connectivity index (χ0) is 15.6. The predicted octanol–water partition coefficient (Wildman–Crippen LogP) is 2.11. The number of amides is 1. The van der Waals surface area contributed by atoms with Crippen molar-refractivity contribution in [1.29, 1.82) is 0 Å². The van der Waals surface area contributed by atoms with Crippen LogP contribution in [0.1, 0.15) is 26.7 Å². The van der Waals surface area contributed by atoms with Crippen LogP contribution in [-0.2, 0) is 4.79 Å². The SMILES string of the molecule is CC(C)Oc1cc(N2CCCC2C(=O)N(C)C)ccc1N. The first-order valence-electron chi connectivity index (χ1n) is 7.44. The number of carbonyl (C=O) groups is 1. The molecule has 0 spiro atoms. The van der Waals surface area contributed by atoms with Crippen LogP contribution in [0.15, 0.2) is 18.2 Å². The van der Waals surface area contributed by atoms with E-state index in [0.717, 1.165) is 25.1 Å². The second-order valence-corrected chi connectivity index (χ2v) is 5.97. The number of nitrogen functional groups attached to an aromatic ring is 1. The molecule has 0 radical (unpaired) electrons. The Balaban J connectivity index is 2.26. The number of ether oxygens (including phenoxy) is 1. The molecule has 21 heavy (non-hydrogen) atoms. The van der Waals surface area contributed by atoms with Crippen molar-refractivity contribution in [2.24, 2.45) is 0 Å². The highest BCUT2D eigenvalue weighted by Gasteiger charge is 2.32. The van der Waals surface area contributed by atoms with Crippen LogP contribution in [0.25, 0.3) is 0 Å². The van der Waals surface area contributed by atoms with Crippen molar-refractivity contribution in [3.8, 4) is 5.75 Å². The molecule has 5 heteroatoms. The molecule has 1 unspecified atom stereocenters. The molecule has 1 heterocycles. The number of likely N-dealkylation sites (N-methyl/N-ethyl adjacent to an activating group) is 1. The van der Waals surface area contributed by atoms with Gasteiger partial charge >= 0.3 is 0 Å². The Hall–Kier alpha value is -1.91. The molecule has 1 atom stereocenters. The average Bonchev–Trinajstić information content (AvgIpc) is 2.89. The smallest absolute Gasteiger partial charge is 0.244 e. The van der Waals surface area contributed by atoms with Crippen LogP contribution in [0.4, 0.5) is 11.4 Å². The number of hydrogen-bond donors (Lipinski definition) is 1. The molecule has 0 aromatic heterocycles. The van der Waals surface area contributed by atoms with E-state index < -0.39 is 0 Å². The fourth-order valence-corrected chi connectivity index (χ4v) is 2.69. The fraction of sp³-hybridized carbons (Fsp3) is 0.562. The van der Waals surface area contributed by atoms with E-state index >= 15 is 0 Å². The summed E-state index contributed by atoms with van der Waals surface area (Å²) in [6, 6.07) is 5.67. The summed E-state index contributed by atoms with van der Waals surface area (Å²) in [6.45, 7) is 4.83. The molecule has 1 aliphatic heterocycles. The molecule has 2 rings (SSSR count). The molecule has 0 saturated carbocycles. The molecule has 1 fully saturated rings. The summed E-state index contributed by atoms with van der Waals surface area (Å²) in [5, 5.41) is 0. The van der Waals surface area contributed by atoms with Crippen molar-refractivity contribution in [2.75, 3.05) is 31.3 Å². The summed E-state index contributed by atoms with van der Waals surface area (Å²) in [6.07, 6.45) is 1.98. The quantitative estimate of drug-likeness (QED) is 0.863. The lowest BCUT2D eigenvalue weighted by molar-refractivity contribution is -0.129. The first-order valence-corrected chi connectivity index (χ1v) is 7.44. The van der Waals surface area contributed by atoms with Crippen molar-refractivity contribution in [1.82, 2.24) is 4.90 Å². The number of benzene rings is 1. The fourth-order valence-electron chi connectivity index (χ4n) is 2.69. The molecule has 1 amide bonds. The van der Waals surface area contributed by atoms with Crippen LogP contribution >= 0.6 is 0 Å². The van der Waals surface area contributed by atoms with Crippen molar-refractivity contribution in [3.63, 3.8) is 0 Å². The Morgan fingerprint density at radius 3 is 2.76 bits per heavy atom. The molecule has 5 nitrogen and oxygen atoms in total. The maximum Gasteiger partial charge on any atom is 0.244 e. The van der Waals surface area contributed by atoms with Gasteiger partial charge in [-0.1, -0.05) is 0 Å². The monoisotopic (exact) mass is 291 g/mol. The van der Waals surface area contributed by atoms with Crippen molar-refractivity contribution in [3.05, 3.63) is 18.2 Å². The van der Waals surface area contributed by atoms with Crippen LogP contribution in [0.3, 0.4) is 0 Å². The van der Waals surface area contributed by atoms with Crippen LogP contribution < -0.4 is 15.4 Å². The highest BCUT2D eigenvalue weighted by Crippen LogP contribution is 2.32. The van der Waals surface area contributed by atoms with Gasteiger partial charge in [-0.3, -0.25) is 4.79 Å². The third-order valence-corrected chi connectivity index (χ3v) is 3.67. The molecule has 2 N–H and O–H groups in total. The van der Waals surface area contributed by atoms with E-state index in [1.807, 2.05) is 32.0 Å². The molecular weight excluding hydrogens is 266 g/mol. The largest absolute Gasteiger partial charge is 0.489 e. The Bertz CT molecular complexity index is 514. The first-order chi connectivity index (χ1) is 9.90. The van der Waals surface area contributed by atoms with Gasteiger partial charge in [0.25, 0.3) is 0 Å². The highest BCUT2D eigenvalue weighted by atomic mass is 16.5. The van der Waals surface area contributed by atoms with E-state index in [9.17, 15) is 4.79 Å². The van der Waals surface area contributed by atoms with Crippen LogP contribution in [0.2, 0.25) is 0 Å². The molecule has 1 aromatic rings. The Kier molecular flexibility index (Phi) is 4.60. The van der Waals surface area contributed by atoms with Gasteiger partial charge in [0.15, 0.2) is 0 Å². The minimum atomic E-state index is -0.0875. The zero-order valence-corrected chi connectivity index (χ0v) is 13.3. The van der Waals surface area contributed by atoms with E-state index in [1.165, 1.54) is 0 Å². The van der Waals surface area contributed by atoms with Crippen LogP contribution in [-0.4, -0.2) is 43.6 Å². The van der Waals surface area contributed by atoms with Gasteiger partial charge in [0, 0.05) is 32.4 Å². The lowest BCUT2D eigenvalue weighted by atomic mass is 10.1. The second-order valence-electron chi connectivity index (χ2n) is 5.97. The summed E-state index contributed by atoms with van der Waals surface area (Å²) < 4.78 is 5.74. The second kappa shape index (κ2) is 6.24. The minimum Gasteiger partial charge on any atom is -0.489 e. The highest BCUT2D eigenvalue weighted by molar-refractivity contribution is 5.85. The van der Waals surface area contributed by atoms with E-state index in [2.05, 4.69) is 4.90 Å². The van der Waals surface area contributed by atoms with Crippen molar-refractivity contribution in [2.45, 2.75) is 38.8 Å². The van der Waals surface area contributed by atoms with E-state index in [-0.39, 0.29) is 18.1 Å².